The Balaban J connectivity index is 1.98. The number of amides is 2. The molecule has 144 valence electrons. The van der Waals surface area contributed by atoms with Gasteiger partial charge in [0.2, 0.25) is 11.8 Å². The third kappa shape index (κ3) is 6.44. The number of ether oxygens (including phenoxy) is 1. The summed E-state index contributed by atoms with van der Waals surface area (Å²) in [5.74, 6) is 0.425. The predicted octanol–water partition coefficient (Wildman–Crippen LogP) is 3.84. The SMILES string of the molecule is CC(=O)N(CCC(=O)NCc1cccc(C)c1)c1ccccc1OC(C)C. The van der Waals surface area contributed by atoms with E-state index in [9.17, 15) is 9.59 Å². The van der Waals surface area contributed by atoms with Crippen molar-refractivity contribution in [1.82, 2.24) is 5.32 Å². The Hall–Kier alpha value is -2.82. The van der Waals surface area contributed by atoms with Crippen LogP contribution in [-0.2, 0) is 16.1 Å². The number of carbonyl (C=O) groups is 2. The average Bonchev–Trinajstić information content (AvgIpc) is 2.61. The van der Waals surface area contributed by atoms with Crippen LogP contribution in [0.1, 0.15) is 38.3 Å². The zero-order valence-electron chi connectivity index (χ0n) is 16.5. The van der Waals surface area contributed by atoms with Gasteiger partial charge < -0.3 is 15.0 Å². The highest BCUT2D eigenvalue weighted by Crippen LogP contribution is 2.29. The van der Waals surface area contributed by atoms with E-state index in [0.717, 1.165) is 11.1 Å². The zero-order valence-corrected chi connectivity index (χ0v) is 16.5. The fraction of sp³-hybridized carbons (Fsp3) is 0.364. The Morgan fingerprint density at radius 1 is 1.11 bits per heavy atom. The van der Waals surface area contributed by atoms with Gasteiger partial charge in [0, 0.05) is 26.4 Å². The molecule has 27 heavy (non-hydrogen) atoms. The van der Waals surface area contributed by atoms with Crippen molar-refractivity contribution < 1.29 is 14.3 Å². The Kier molecular flexibility index (Phi) is 7.41. The molecule has 5 heteroatoms. The minimum Gasteiger partial charge on any atom is -0.489 e. The molecule has 0 aliphatic rings. The van der Waals surface area contributed by atoms with Crippen molar-refractivity contribution in [3.8, 4) is 5.75 Å². The lowest BCUT2D eigenvalue weighted by Gasteiger charge is -2.24. The smallest absolute Gasteiger partial charge is 0.223 e. The number of benzene rings is 2. The summed E-state index contributed by atoms with van der Waals surface area (Å²) in [6.07, 6.45) is 0.221. The number of nitrogens with one attached hydrogen (secondary N) is 1. The van der Waals surface area contributed by atoms with Gasteiger partial charge in [0.1, 0.15) is 5.75 Å². The van der Waals surface area contributed by atoms with Crippen molar-refractivity contribution >= 4 is 17.5 Å². The quantitative estimate of drug-likeness (QED) is 0.770. The van der Waals surface area contributed by atoms with Crippen molar-refractivity contribution in [3.63, 3.8) is 0 Å². The van der Waals surface area contributed by atoms with Crippen LogP contribution < -0.4 is 15.0 Å². The van der Waals surface area contributed by atoms with Gasteiger partial charge in [0.15, 0.2) is 0 Å². The first-order chi connectivity index (χ1) is 12.9. The molecule has 0 aromatic heterocycles. The lowest BCUT2D eigenvalue weighted by atomic mass is 10.1. The number of nitrogens with zero attached hydrogens (tertiary/aromatic N) is 1. The summed E-state index contributed by atoms with van der Waals surface area (Å²) in [6, 6.07) is 15.4. The summed E-state index contributed by atoms with van der Waals surface area (Å²) in [5, 5.41) is 2.91. The minimum absolute atomic E-state index is 0.00224. The van der Waals surface area contributed by atoms with Gasteiger partial charge in [-0.2, -0.15) is 0 Å². The van der Waals surface area contributed by atoms with Crippen LogP contribution in [-0.4, -0.2) is 24.5 Å². The highest BCUT2D eigenvalue weighted by molar-refractivity contribution is 5.93. The van der Waals surface area contributed by atoms with Gasteiger partial charge in [0.25, 0.3) is 0 Å². The fourth-order valence-electron chi connectivity index (χ4n) is 2.81. The molecule has 0 aliphatic carbocycles. The number of hydrogen-bond acceptors (Lipinski definition) is 3. The lowest BCUT2D eigenvalue weighted by Crippen LogP contribution is -2.34. The normalized spacial score (nSPS) is 10.6. The van der Waals surface area contributed by atoms with Crippen LogP contribution in [0, 0.1) is 6.92 Å². The number of rotatable bonds is 8. The second-order valence-corrected chi connectivity index (χ2v) is 6.82. The van der Waals surface area contributed by atoms with E-state index in [1.165, 1.54) is 6.92 Å². The molecule has 0 spiro atoms. The number of para-hydroxylation sites is 2. The maximum atomic E-state index is 12.2. The van der Waals surface area contributed by atoms with Crippen LogP contribution in [0.2, 0.25) is 0 Å². The van der Waals surface area contributed by atoms with E-state index in [1.807, 2.05) is 69.3 Å². The van der Waals surface area contributed by atoms with Crippen molar-refractivity contribution in [2.24, 2.45) is 0 Å². The topological polar surface area (TPSA) is 58.6 Å². The van der Waals surface area contributed by atoms with Crippen LogP contribution in [0.15, 0.2) is 48.5 Å². The molecule has 0 heterocycles. The van der Waals surface area contributed by atoms with Gasteiger partial charge in [-0.15, -0.1) is 0 Å². The van der Waals surface area contributed by atoms with Gasteiger partial charge in [-0.25, -0.2) is 0 Å². The lowest BCUT2D eigenvalue weighted by molar-refractivity contribution is -0.121. The summed E-state index contributed by atoms with van der Waals surface area (Å²) >= 11 is 0. The molecule has 0 aliphatic heterocycles. The molecule has 0 fully saturated rings. The van der Waals surface area contributed by atoms with Crippen LogP contribution in [0.25, 0.3) is 0 Å². The Morgan fingerprint density at radius 2 is 1.85 bits per heavy atom. The maximum absolute atomic E-state index is 12.2. The molecule has 0 radical (unpaired) electrons. The molecular formula is C22H28N2O3. The van der Waals surface area contributed by atoms with Gasteiger partial charge in [0.05, 0.1) is 11.8 Å². The summed E-state index contributed by atoms with van der Waals surface area (Å²) in [5.41, 5.74) is 2.90. The largest absolute Gasteiger partial charge is 0.489 e. The monoisotopic (exact) mass is 368 g/mol. The second kappa shape index (κ2) is 9.76. The van der Waals surface area contributed by atoms with Crippen LogP contribution >= 0.6 is 0 Å². The standard InChI is InChI=1S/C22H28N2O3/c1-16(2)27-21-11-6-5-10-20(21)24(18(4)25)13-12-22(26)23-15-19-9-7-8-17(3)14-19/h5-11,14,16H,12-13,15H2,1-4H3,(H,23,26). The van der Waals surface area contributed by atoms with E-state index in [-0.39, 0.29) is 24.3 Å². The number of carbonyl (C=O) groups excluding carboxylic acids is 2. The van der Waals surface area contributed by atoms with Crippen LogP contribution in [0.4, 0.5) is 5.69 Å². The molecule has 0 unspecified atom stereocenters. The molecule has 0 saturated heterocycles. The number of aryl methyl sites for hydroxylation is 1. The maximum Gasteiger partial charge on any atom is 0.223 e. The summed E-state index contributed by atoms with van der Waals surface area (Å²) < 4.78 is 5.81. The number of anilines is 1. The van der Waals surface area contributed by atoms with Crippen molar-refractivity contribution in [2.75, 3.05) is 11.4 Å². The summed E-state index contributed by atoms with van der Waals surface area (Å²) in [4.78, 5) is 26.0. The Labute approximate surface area is 161 Å². The highest BCUT2D eigenvalue weighted by atomic mass is 16.5. The first-order valence-corrected chi connectivity index (χ1v) is 9.23. The molecule has 1 N–H and O–H groups in total. The van der Waals surface area contributed by atoms with E-state index in [1.54, 1.807) is 4.90 Å². The third-order valence-electron chi connectivity index (χ3n) is 4.03. The van der Waals surface area contributed by atoms with Crippen molar-refractivity contribution in [3.05, 3.63) is 59.7 Å². The van der Waals surface area contributed by atoms with Crippen LogP contribution in [0.3, 0.4) is 0 Å². The first-order valence-electron chi connectivity index (χ1n) is 9.23. The van der Waals surface area contributed by atoms with E-state index < -0.39 is 0 Å². The van der Waals surface area contributed by atoms with Gasteiger partial charge in [-0.3, -0.25) is 9.59 Å². The van der Waals surface area contributed by atoms with Gasteiger partial charge in [-0.1, -0.05) is 42.0 Å². The fourth-order valence-corrected chi connectivity index (χ4v) is 2.81. The Bertz CT molecular complexity index is 787. The zero-order chi connectivity index (χ0) is 19.8. The molecular weight excluding hydrogens is 340 g/mol. The average molecular weight is 368 g/mol. The highest BCUT2D eigenvalue weighted by Gasteiger charge is 2.18. The molecule has 0 saturated carbocycles. The van der Waals surface area contributed by atoms with Crippen molar-refractivity contribution in [2.45, 2.75) is 46.8 Å². The summed E-state index contributed by atoms with van der Waals surface area (Å²) in [7, 11) is 0. The second-order valence-electron chi connectivity index (χ2n) is 6.82. The molecule has 0 bridgehead atoms. The molecule has 2 rings (SSSR count). The van der Waals surface area contributed by atoms with Gasteiger partial charge in [-0.05, 0) is 38.5 Å². The molecule has 5 nitrogen and oxygen atoms in total. The third-order valence-corrected chi connectivity index (χ3v) is 4.03. The first kappa shape index (κ1) is 20.5. The molecule has 2 amide bonds. The van der Waals surface area contributed by atoms with Crippen LogP contribution in [0.5, 0.6) is 5.75 Å². The van der Waals surface area contributed by atoms with E-state index in [2.05, 4.69) is 5.32 Å². The minimum atomic E-state index is -0.124. The van der Waals surface area contributed by atoms with E-state index in [0.29, 0.717) is 24.5 Å². The van der Waals surface area contributed by atoms with E-state index >= 15 is 0 Å². The molecule has 2 aromatic carbocycles. The molecule has 2 aromatic rings. The van der Waals surface area contributed by atoms with Gasteiger partial charge >= 0.3 is 0 Å². The number of hydrogen-bond donors (Lipinski definition) is 1. The van der Waals surface area contributed by atoms with Crippen molar-refractivity contribution in [1.29, 1.82) is 0 Å². The predicted molar refractivity (Wildman–Crippen MR) is 108 cm³/mol. The molecule has 0 atom stereocenters. The van der Waals surface area contributed by atoms with E-state index in [4.69, 9.17) is 4.74 Å². The summed E-state index contributed by atoms with van der Waals surface area (Å²) in [6.45, 7) is 8.17. The Morgan fingerprint density at radius 3 is 2.52 bits per heavy atom.